The van der Waals surface area contributed by atoms with Crippen LogP contribution >= 0.6 is 0 Å². The average molecular weight is 507 g/mol. The number of amides is 2. The Balaban J connectivity index is 1.44. The fourth-order valence-electron chi connectivity index (χ4n) is 5.42. The zero-order valence-electron chi connectivity index (χ0n) is 21.2. The van der Waals surface area contributed by atoms with Crippen molar-refractivity contribution in [2.75, 3.05) is 50.8 Å². The van der Waals surface area contributed by atoms with Crippen LogP contribution in [0.2, 0.25) is 0 Å². The number of rotatable bonds is 8. The highest BCUT2D eigenvalue weighted by Crippen LogP contribution is 2.35. The molecule has 1 aromatic carbocycles. The number of ether oxygens (including phenoxy) is 1. The Morgan fingerprint density at radius 3 is 2.36 bits per heavy atom. The number of alkyl halides is 2. The second kappa shape index (κ2) is 11.2. The quantitative estimate of drug-likeness (QED) is 0.581. The zero-order valence-corrected chi connectivity index (χ0v) is 21.2. The van der Waals surface area contributed by atoms with E-state index in [0.717, 1.165) is 38.4 Å². The number of ketones is 1. The van der Waals surface area contributed by atoms with Crippen molar-refractivity contribution in [2.24, 2.45) is 11.8 Å². The summed E-state index contributed by atoms with van der Waals surface area (Å²) in [5.41, 5.74) is 1.45. The number of nitrogens with one attached hydrogen (secondary N) is 1. The minimum atomic E-state index is -2.71. The van der Waals surface area contributed by atoms with Crippen LogP contribution in [0.15, 0.2) is 24.3 Å². The van der Waals surface area contributed by atoms with E-state index in [1.807, 2.05) is 26.0 Å². The molecule has 3 aliphatic rings. The Labute approximate surface area is 210 Å². The number of halogens is 2. The molecule has 1 aromatic rings. The van der Waals surface area contributed by atoms with Gasteiger partial charge in [0.05, 0.1) is 12.0 Å². The van der Waals surface area contributed by atoms with Crippen LogP contribution in [-0.2, 0) is 14.3 Å². The number of hydrogen-bond donors (Lipinski definition) is 1. The second-order valence-corrected chi connectivity index (χ2v) is 10.3. The minimum Gasteiger partial charge on any atom is -0.369 e. The highest BCUT2D eigenvalue weighted by Gasteiger charge is 2.55. The summed E-state index contributed by atoms with van der Waals surface area (Å²) >= 11 is 0. The third kappa shape index (κ3) is 5.54. The molecule has 3 heterocycles. The predicted molar refractivity (Wildman–Crippen MR) is 131 cm³/mol. The molecule has 0 aromatic heterocycles. The Kier molecular flexibility index (Phi) is 8.24. The van der Waals surface area contributed by atoms with E-state index in [-0.39, 0.29) is 24.9 Å². The Morgan fingerprint density at radius 1 is 1.11 bits per heavy atom. The SMILES string of the molecule is CCN1CCN(c2ccc(C(=O)N[C@@H](CC(C)C)C(=O)N3C[C@@H](C(F)F)[C@H]4OCC(=O)[C@H]43)cc2)CC1. The van der Waals surface area contributed by atoms with Crippen LogP contribution in [0.5, 0.6) is 0 Å². The maximum Gasteiger partial charge on any atom is 0.251 e. The van der Waals surface area contributed by atoms with E-state index in [9.17, 15) is 23.2 Å². The van der Waals surface area contributed by atoms with Gasteiger partial charge in [0.1, 0.15) is 18.7 Å². The molecule has 8 nitrogen and oxygen atoms in total. The minimum absolute atomic E-state index is 0.0586. The summed E-state index contributed by atoms with van der Waals surface area (Å²) in [5.74, 6) is -2.46. The number of nitrogens with zero attached hydrogens (tertiary/aromatic N) is 3. The van der Waals surface area contributed by atoms with Gasteiger partial charge < -0.3 is 24.8 Å². The molecule has 0 saturated carbocycles. The van der Waals surface area contributed by atoms with Crippen LogP contribution in [0.25, 0.3) is 0 Å². The van der Waals surface area contributed by atoms with Gasteiger partial charge in [-0.2, -0.15) is 0 Å². The summed E-state index contributed by atoms with van der Waals surface area (Å²) in [5, 5.41) is 2.80. The smallest absolute Gasteiger partial charge is 0.251 e. The van der Waals surface area contributed by atoms with Crippen LogP contribution in [0, 0.1) is 11.8 Å². The largest absolute Gasteiger partial charge is 0.369 e. The third-order valence-corrected chi connectivity index (χ3v) is 7.46. The van der Waals surface area contributed by atoms with Crippen LogP contribution in [-0.4, -0.2) is 97.9 Å². The molecule has 4 atom stereocenters. The van der Waals surface area contributed by atoms with Crippen molar-refractivity contribution in [1.82, 2.24) is 15.1 Å². The Hall–Kier alpha value is -2.59. The fraction of sp³-hybridized carbons (Fsp3) is 0.654. The number of carbonyl (C=O) groups excluding carboxylic acids is 3. The molecular formula is C26H36F2N4O4. The van der Waals surface area contributed by atoms with Gasteiger partial charge in [0.15, 0.2) is 5.78 Å². The third-order valence-electron chi connectivity index (χ3n) is 7.46. The van der Waals surface area contributed by atoms with Crippen LogP contribution in [0.3, 0.4) is 0 Å². The molecule has 10 heteroatoms. The van der Waals surface area contributed by atoms with Gasteiger partial charge in [-0.15, -0.1) is 0 Å². The topological polar surface area (TPSA) is 82.2 Å². The number of carbonyl (C=O) groups is 3. The summed E-state index contributed by atoms with van der Waals surface area (Å²) in [6.45, 7) is 10.3. The summed E-state index contributed by atoms with van der Waals surface area (Å²) < 4.78 is 32.5. The summed E-state index contributed by atoms with van der Waals surface area (Å²) in [4.78, 5) is 44.8. The van der Waals surface area contributed by atoms with E-state index < -0.39 is 42.3 Å². The molecule has 0 unspecified atom stereocenters. The van der Waals surface area contributed by atoms with Gasteiger partial charge in [-0.1, -0.05) is 20.8 Å². The molecule has 0 aliphatic carbocycles. The predicted octanol–water partition coefficient (Wildman–Crippen LogP) is 2.03. The van der Waals surface area contributed by atoms with E-state index in [4.69, 9.17) is 4.74 Å². The number of benzene rings is 1. The maximum absolute atomic E-state index is 13.6. The summed E-state index contributed by atoms with van der Waals surface area (Å²) in [7, 11) is 0. The van der Waals surface area contributed by atoms with Crippen molar-refractivity contribution < 1.29 is 27.9 Å². The number of likely N-dealkylation sites (N-methyl/N-ethyl adjacent to an activating group) is 1. The molecule has 4 rings (SSSR count). The van der Waals surface area contributed by atoms with Crippen molar-refractivity contribution in [3.05, 3.63) is 29.8 Å². The van der Waals surface area contributed by atoms with Gasteiger partial charge in [-0.3, -0.25) is 14.4 Å². The molecule has 0 bridgehead atoms. The van der Waals surface area contributed by atoms with Crippen LogP contribution in [0.4, 0.5) is 14.5 Å². The Bertz CT molecular complexity index is 950. The van der Waals surface area contributed by atoms with Gasteiger partial charge in [0.2, 0.25) is 12.3 Å². The number of fused-ring (bicyclic) bond motifs is 1. The van der Waals surface area contributed by atoms with E-state index in [0.29, 0.717) is 12.0 Å². The summed E-state index contributed by atoms with van der Waals surface area (Å²) in [6.07, 6.45) is -3.38. The molecule has 36 heavy (non-hydrogen) atoms. The first kappa shape index (κ1) is 26.5. The normalized spacial score (nSPS) is 25.5. The zero-order chi connectivity index (χ0) is 26.0. The molecule has 3 saturated heterocycles. The molecule has 0 spiro atoms. The molecule has 198 valence electrons. The average Bonchev–Trinajstić information content (AvgIpc) is 3.44. The number of Topliss-reactive ketones (excluding diaryl/α,β-unsaturated/α-hetero) is 1. The van der Waals surface area contributed by atoms with Gasteiger partial charge in [0, 0.05) is 44.0 Å². The first-order chi connectivity index (χ1) is 17.2. The highest BCUT2D eigenvalue weighted by molar-refractivity contribution is 5.99. The van der Waals surface area contributed by atoms with Crippen molar-refractivity contribution in [3.8, 4) is 0 Å². The maximum atomic E-state index is 13.6. The molecular weight excluding hydrogens is 470 g/mol. The van der Waals surface area contributed by atoms with E-state index in [2.05, 4.69) is 22.0 Å². The van der Waals surface area contributed by atoms with E-state index >= 15 is 0 Å². The van der Waals surface area contributed by atoms with Gasteiger partial charge in [-0.25, -0.2) is 8.78 Å². The Morgan fingerprint density at radius 2 is 1.78 bits per heavy atom. The number of likely N-dealkylation sites (tertiary alicyclic amines) is 1. The molecule has 2 amide bonds. The number of piperazine rings is 1. The summed E-state index contributed by atoms with van der Waals surface area (Å²) in [6, 6.07) is 5.34. The lowest BCUT2D eigenvalue weighted by atomic mass is 10.0. The first-order valence-electron chi connectivity index (χ1n) is 12.8. The lowest BCUT2D eigenvalue weighted by molar-refractivity contribution is -0.138. The first-order valence-corrected chi connectivity index (χ1v) is 12.8. The number of anilines is 1. The highest BCUT2D eigenvalue weighted by atomic mass is 19.3. The second-order valence-electron chi connectivity index (χ2n) is 10.3. The lowest BCUT2D eigenvalue weighted by Crippen LogP contribution is -2.52. The standard InChI is InChI=1S/C26H36F2N4O4/c1-4-30-9-11-31(12-10-30)18-7-5-17(6-8-18)25(34)29-20(13-16(2)3)26(35)32-14-19(24(27)28)23-22(32)21(33)15-36-23/h5-8,16,19-20,22-24H,4,9-15H2,1-3H3,(H,29,34)/t19-,20+,22-,23-/m1/s1. The molecule has 0 radical (unpaired) electrons. The van der Waals surface area contributed by atoms with Gasteiger partial charge >= 0.3 is 0 Å². The van der Waals surface area contributed by atoms with Crippen LogP contribution in [0.1, 0.15) is 37.6 Å². The number of hydrogen-bond acceptors (Lipinski definition) is 6. The van der Waals surface area contributed by atoms with Gasteiger partial charge in [-0.05, 0) is 43.1 Å². The molecule has 3 fully saturated rings. The van der Waals surface area contributed by atoms with E-state index in [1.54, 1.807) is 12.1 Å². The van der Waals surface area contributed by atoms with Crippen molar-refractivity contribution in [2.45, 2.75) is 51.8 Å². The lowest BCUT2D eigenvalue weighted by Gasteiger charge is -2.35. The van der Waals surface area contributed by atoms with Crippen LogP contribution < -0.4 is 10.2 Å². The molecule has 1 N–H and O–H groups in total. The monoisotopic (exact) mass is 506 g/mol. The molecule has 3 aliphatic heterocycles. The van der Waals surface area contributed by atoms with Gasteiger partial charge in [0.25, 0.3) is 5.91 Å². The fourth-order valence-corrected chi connectivity index (χ4v) is 5.42. The van der Waals surface area contributed by atoms with Crippen molar-refractivity contribution >= 4 is 23.3 Å². The van der Waals surface area contributed by atoms with E-state index in [1.165, 1.54) is 4.90 Å². The van der Waals surface area contributed by atoms with Crippen molar-refractivity contribution in [1.29, 1.82) is 0 Å². The van der Waals surface area contributed by atoms with Crippen molar-refractivity contribution in [3.63, 3.8) is 0 Å².